The number of hydrogen-bond donors (Lipinski definition) is 2. The summed E-state index contributed by atoms with van der Waals surface area (Å²) in [7, 11) is 0. The molecule has 40 heavy (non-hydrogen) atoms. The maximum absolute atomic E-state index is 13.0. The molecule has 0 bridgehead atoms. The molecule has 0 aliphatic carbocycles. The number of benzene rings is 3. The Morgan fingerprint density at radius 3 is 2.12 bits per heavy atom. The smallest absolute Gasteiger partial charge is 0.333 e. The summed E-state index contributed by atoms with van der Waals surface area (Å²) in [5, 5.41) is 12.3. The number of nitrogens with zero attached hydrogens (tertiary/aromatic N) is 1. The van der Waals surface area contributed by atoms with E-state index in [1.54, 1.807) is 11.8 Å². The minimum Gasteiger partial charge on any atom is -0.494 e. The van der Waals surface area contributed by atoms with Crippen molar-refractivity contribution in [1.82, 2.24) is 10.2 Å². The van der Waals surface area contributed by atoms with Gasteiger partial charge >= 0.3 is 12.0 Å². The lowest BCUT2D eigenvalue weighted by atomic mass is 10.1. The van der Waals surface area contributed by atoms with Gasteiger partial charge in [-0.15, -0.1) is 0 Å². The van der Waals surface area contributed by atoms with E-state index in [0.29, 0.717) is 45.2 Å². The van der Waals surface area contributed by atoms with Gasteiger partial charge in [0, 0.05) is 26.1 Å². The Kier molecular flexibility index (Phi) is 13.4. The number of hydrogen-bond acceptors (Lipinski definition) is 5. The van der Waals surface area contributed by atoms with Gasteiger partial charge in [-0.1, -0.05) is 60.7 Å². The molecule has 0 fully saturated rings. The predicted molar refractivity (Wildman–Crippen MR) is 155 cm³/mol. The van der Waals surface area contributed by atoms with Crippen LogP contribution in [0.4, 0.5) is 4.79 Å². The molecule has 0 saturated carbocycles. The lowest BCUT2D eigenvalue weighted by Gasteiger charge is -2.23. The van der Waals surface area contributed by atoms with Crippen LogP contribution in [-0.4, -0.2) is 67.6 Å². The molecule has 1 unspecified atom stereocenters. The Bertz CT molecular complexity index is 1130. The van der Waals surface area contributed by atoms with Crippen LogP contribution < -0.4 is 14.8 Å². The molecule has 214 valence electrons. The highest BCUT2D eigenvalue weighted by molar-refractivity contribution is 5.74. The minimum atomic E-state index is -0.976. The van der Waals surface area contributed by atoms with Gasteiger partial charge in [0.05, 0.1) is 13.2 Å². The van der Waals surface area contributed by atoms with Crippen molar-refractivity contribution in [3.8, 4) is 11.5 Å². The normalized spacial score (nSPS) is 11.4. The van der Waals surface area contributed by atoms with E-state index < -0.39 is 12.1 Å². The van der Waals surface area contributed by atoms with E-state index in [9.17, 15) is 14.7 Å². The molecule has 8 nitrogen and oxygen atoms in total. The molecule has 3 rings (SSSR count). The van der Waals surface area contributed by atoms with E-state index in [1.807, 2.05) is 72.8 Å². The third kappa shape index (κ3) is 11.4. The summed E-state index contributed by atoms with van der Waals surface area (Å²) in [6.07, 6.45) is 1.81. The second-order valence-corrected chi connectivity index (χ2v) is 9.30. The number of urea groups is 1. The van der Waals surface area contributed by atoms with Crippen LogP contribution in [0.1, 0.15) is 30.9 Å². The number of carboxylic acids is 1. The standard InChI is InChI=1S/C32H40N2O6/c1-2-38-30(31(35)36)25-27-15-17-29(18-16-27)40-24-22-34(21-9-10-23-39-28-13-7-4-8-14-28)32(37)33-20-19-26-11-5-3-6-12-26/h3-8,11-18,30H,2,9-10,19-25H2,1H3,(H,33,37)(H,35,36). The molecule has 2 N–H and O–H groups in total. The first-order chi connectivity index (χ1) is 19.5. The molecule has 1 atom stereocenters. The Hall–Kier alpha value is -4.04. The highest BCUT2D eigenvalue weighted by Crippen LogP contribution is 2.15. The summed E-state index contributed by atoms with van der Waals surface area (Å²) in [6, 6.07) is 26.9. The van der Waals surface area contributed by atoms with Crippen molar-refractivity contribution in [2.45, 2.75) is 38.7 Å². The molecule has 0 aliphatic rings. The monoisotopic (exact) mass is 548 g/mol. The highest BCUT2D eigenvalue weighted by Gasteiger charge is 2.18. The van der Waals surface area contributed by atoms with Gasteiger partial charge in [0.15, 0.2) is 6.10 Å². The molecule has 0 heterocycles. The van der Waals surface area contributed by atoms with Gasteiger partial charge in [-0.05, 0) is 61.6 Å². The van der Waals surface area contributed by atoms with Gasteiger partial charge in [-0.3, -0.25) is 0 Å². The van der Waals surface area contributed by atoms with Crippen molar-refractivity contribution in [3.63, 3.8) is 0 Å². The van der Waals surface area contributed by atoms with Crippen molar-refractivity contribution in [1.29, 1.82) is 0 Å². The first-order valence-electron chi connectivity index (χ1n) is 13.9. The number of carbonyl (C=O) groups excluding carboxylic acids is 1. The van der Waals surface area contributed by atoms with Crippen molar-refractivity contribution in [2.24, 2.45) is 0 Å². The van der Waals surface area contributed by atoms with Crippen LogP contribution >= 0.6 is 0 Å². The first-order valence-corrected chi connectivity index (χ1v) is 13.9. The molecular formula is C32H40N2O6. The Morgan fingerprint density at radius 1 is 0.800 bits per heavy atom. The zero-order valence-electron chi connectivity index (χ0n) is 23.2. The van der Waals surface area contributed by atoms with Crippen LogP contribution in [0.5, 0.6) is 11.5 Å². The van der Waals surface area contributed by atoms with Crippen LogP contribution in [0.3, 0.4) is 0 Å². The highest BCUT2D eigenvalue weighted by atomic mass is 16.5. The summed E-state index contributed by atoms with van der Waals surface area (Å²) in [5.41, 5.74) is 2.03. The van der Waals surface area contributed by atoms with Crippen molar-refractivity contribution < 1.29 is 28.9 Å². The molecule has 8 heteroatoms. The average molecular weight is 549 g/mol. The summed E-state index contributed by atoms with van der Waals surface area (Å²) in [6.45, 7) is 4.62. The number of unbranched alkanes of at least 4 members (excludes halogenated alkanes) is 1. The third-order valence-corrected chi connectivity index (χ3v) is 6.27. The quantitative estimate of drug-likeness (QED) is 0.212. The number of aliphatic carboxylic acids is 1. The van der Waals surface area contributed by atoms with Crippen LogP contribution in [-0.2, 0) is 22.4 Å². The summed E-state index contributed by atoms with van der Waals surface area (Å²) >= 11 is 0. The number of para-hydroxylation sites is 1. The summed E-state index contributed by atoms with van der Waals surface area (Å²) in [5.74, 6) is 0.525. The molecule has 0 aliphatic heterocycles. The fourth-order valence-corrected chi connectivity index (χ4v) is 4.12. The van der Waals surface area contributed by atoms with E-state index >= 15 is 0 Å². The van der Waals surface area contributed by atoms with Gasteiger partial charge in [0.1, 0.15) is 18.1 Å². The molecule has 0 spiro atoms. The minimum absolute atomic E-state index is 0.116. The lowest BCUT2D eigenvalue weighted by Crippen LogP contribution is -2.43. The molecule has 2 amide bonds. The molecule has 0 saturated heterocycles. The van der Waals surface area contributed by atoms with E-state index in [0.717, 1.165) is 30.6 Å². The van der Waals surface area contributed by atoms with Gasteiger partial charge in [0.2, 0.25) is 0 Å². The number of carboxylic acid groups (broad SMARTS) is 1. The van der Waals surface area contributed by atoms with Crippen molar-refractivity contribution in [3.05, 3.63) is 96.1 Å². The predicted octanol–water partition coefficient (Wildman–Crippen LogP) is 5.21. The SMILES string of the molecule is CCOC(Cc1ccc(OCCN(CCCCOc2ccccc2)C(=O)NCCc2ccccc2)cc1)C(=O)O. The number of carbonyl (C=O) groups is 2. The first kappa shape index (κ1) is 30.5. The maximum atomic E-state index is 13.0. The summed E-state index contributed by atoms with van der Waals surface area (Å²) < 4.78 is 17.0. The molecule has 3 aromatic rings. The van der Waals surface area contributed by atoms with E-state index in [4.69, 9.17) is 14.2 Å². The van der Waals surface area contributed by atoms with Crippen LogP contribution in [0.25, 0.3) is 0 Å². The second kappa shape index (κ2) is 17.5. The number of ether oxygens (including phenoxy) is 3. The second-order valence-electron chi connectivity index (χ2n) is 9.30. The topological polar surface area (TPSA) is 97.3 Å². The molecule has 0 radical (unpaired) electrons. The number of amides is 2. The van der Waals surface area contributed by atoms with Crippen LogP contribution in [0.2, 0.25) is 0 Å². The number of nitrogens with one attached hydrogen (secondary N) is 1. The fraction of sp³-hybridized carbons (Fsp3) is 0.375. The Labute approximate surface area is 236 Å². The fourth-order valence-electron chi connectivity index (χ4n) is 4.12. The number of rotatable bonds is 18. The molecule has 0 aromatic heterocycles. The van der Waals surface area contributed by atoms with Crippen molar-refractivity contribution in [2.75, 3.05) is 39.5 Å². The largest absolute Gasteiger partial charge is 0.494 e. The average Bonchev–Trinajstić information content (AvgIpc) is 2.97. The zero-order valence-corrected chi connectivity index (χ0v) is 23.2. The zero-order chi connectivity index (χ0) is 28.4. The van der Waals surface area contributed by atoms with Gasteiger partial charge in [0.25, 0.3) is 0 Å². The van der Waals surface area contributed by atoms with Crippen molar-refractivity contribution >= 4 is 12.0 Å². The lowest BCUT2D eigenvalue weighted by molar-refractivity contribution is -0.149. The Balaban J connectivity index is 1.46. The molecule has 3 aromatic carbocycles. The Morgan fingerprint density at radius 2 is 1.45 bits per heavy atom. The van der Waals surface area contributed by atoms with Gasteiger partial charge in [-0.2, -0.15) is 0 Å². The summed E-state index contributed by atoms with van der Waals surface area (Å²) in [4.78, 5) is 26.1. The van der Waals surface area contributed by atoms with Crippen LogP contribution in [0.15, 0.2) is 84.9 Å². The third-order valence-electron chi connectivity index (χ3n) is 6.27. The van der Waals surface area contributed by atoms with Gasteiger partial charge < -0.3 is 29.5 Å². The van der Waals surface area contributed by atoms with E-state index in [2.05, 4.69) is 17.4 Å². The molecular weight excluding hydrogens is 508 g/mol. The van der Waals surface area contributed by atoms with E-state index in [1.165, 1.54) is 5.56 Å². The maximum Gasteiger partial charge on any atom is 0.333 e. The van der Waals surface area contributed by atoms with Crippen LogP contribution in [0, 0.1) is 0 Å². The van der Waals surface area contributed by atoms with E-state index in [-0.39, 0.29) is 12.5 Å². The van der Waals surface area contributed by atoms with Gasteiger partial charge in [-0.25, -0.2) is 9.59 Å².